The Morgan fingerprint density at radius 3 is 2.95 bits per heavy atom. The quantitative estimate of drug-likeness (QED) is 0.710. The largest absolute Gasteiger partial charge is 0.328 e. The van der Waals surface area contributed by atoms with Crippen molar-refractivity contribution in [2.75, 3.05) is 7.11 Å². The lowest BCUT2D eigenvalue weighted by atomic mass is 10.1. The van der Waals surface area contributed by atoms with Gasteiger partial charge in [0.05, 0.1) is 0 Å². The molecule has 1 aliphatic carbocycles. The first kappa shape index (κ1) is 14.1. The van der Waals surface area contributed by atoms with Crippen LogP contribution in [0, 0.1) is 0 Å². The Labute approximate surface area is 119 Å². The summed E-state index contributed by atoms with van der Waals surface area (Å²) >= 11 is 0. The molecule has 21 heavy (non-hydrogen) atoms. The number of amides is 1. The second-order valence-electron chi connectivity index (χ2n) is 5.23. The van der Waals surface area contributed by atoms with E-state index in [1.165, 1.54) is 24.4 Å². The van der Waals surface area contributed by atoms with Gasteiger partial charge in [-0.3, -0.25) is 15.8 Å². The maximum atomic E-state index is 13.4. The van der Waals surface area contributed by atoms with E-state index in [1.54, 1.807) is 0 Å². The van der Waals surface area contributed by atoms with Crippen molar-refractivity contribution in [1.82, 2.24) is 10.2 Å². The van der Waals surface area contributed by atoms with Crippen LogP contribution < -0.4 is 11.1 Å². The van der Waals surface area contributed by atoms with Crippen LogP contribution in [0.15, 0.2) is 22.4 Å². The zero-order valence-electron chi connectivity index (χ0n) is 11.3. The molecule has 7 nitrogen and oxygen atoms in total. The van der Waals surface area contributed by atoms with Crippen LogP contribution in [0.25, 0.3) is 0 Å². The maximum absolute atomic E-state index is 13.4. The fourth-order valence-corrected chi connectivity index (χ4v) is 2.66. The van der Waals surface area contributed by atoms with Gasteiger partial charge >= 0.3 is 5.97 Å². The molecular weight excluding hydrogens is 284 g/mol. The highest BCUT2D eigenvalue weighted by Crippen LogP contribution is 2.38. The summed E-state index contributed by atoms with van der Waals surface area (Å²) < 4.78 is 31.8. The number of rotatable bonds is 2. The Morgan fingerprint density at radius 1 is 1.57 bits per heavy atom. The van der Waals surface area contributed by atoms with Crippen LogP contribution in [-0.2, 0) is 9.53 Å². The number of carbonyl (C=O) groups excluding carboxylic acids is 1. The van der Waals surface area contributed by atoms with Crippen molar-refractivity contribution in [3.8, 4) is 0 Å². The van der Waals surface area contributed by atoms with Crippen LogP contribution in [0.5, 0.6) is 0 Å². The average molecular weight is 299 g/mol. The van der Waals surface area contributed by atoms with E-state index in [2.05, 4.69) is 15.3 Å². The number of nitrogens with one attached hydrogen (secondary N) is 1. The molecule has 0 aromatic heterocycles. The summed E-state index contributed by atoms with van der Waals surface area (Å²) in [6.07, 6.45) is 2.74. The first-order valence-corrected chi connectivity index (χ1v) is 6.51. The molecule has 3 N–H and O–H groups in total. The lowest BCUT2D eigenvalue weighted by molar-refractivity contribution is -0.124. The van der Waals surface area contributed by atoms with E-state index in [0.717, 1.165) is 0 Å². The molecule has 2 atom stereocenters. The topological polar surface area (TPSA) is 92.3 Å². The molecule has 0 saturated heterocycles. The van der Waals surface area contributed by atoms with E-state index in [4.69, 9.17) is 10.5 Å². The van der Waals surface area contributed by atoms with Gasteiger partial charge in [-0.25, -0.2) is 13.8 Å². The summed E-state index contributed by atoms with van der Waals surface area (Å²) in [6.45, 7) is 0. The summed E-state index contributed by atoms with van der Waals surface area (Å²) in [5.41, 5.74) is 5.82. The van der Waals surface area contributed by atoms with Crippen LogP contribution in [-0.4, -0.2) is 47.4 Å². The molecule has 3 rings (SSSR count). The van der Waals surface area contributed by atoms with Gasteiger partial charge in [0.25, 0.3) is 5.91 Å². The number of fused-ring (bicyclic) bond motifs is 1. The number of aliphatic imine (C=N–C) groups is 2. The molecule has 1 saturated carbocycles. The molecule has 2 aliphatic heterocycles. The first-order valence-electron chi connectivity index (χ1n) is 6.51. The van der Waals surface area contributed by atoms with Crippen molar-refractivity contribution < 1.29 is 18.3 Å². The van der Waals surface area contributed by atoms with Crippen LogP contribution in [0.2, 0.25) is 0 Å². The number of methoxy groups -OCH3 is 1. The maximum Gasteiger partial charge on any atom is 0.301 e. The Bertz CT molecular complexity index is 574. The number of hydrogen-bond donors (Lipinski definition) is 2. The predicted molar refractivity (Wildman–Crippen MR) is 70.5 cm³/mol. The number of nitrogens with zero attached hydrogens (tertiary/aromatic N) is 3. The van der Waals surface area contributed by atoms with Crippen LogP contribution in [0.3, 0.4) is 0 Å². The molecule has 0 radical (unpaired) electrons. The second-order valence-corrected chi connectivity index (χ2v) is 5.23. The van der Waals surface area contributed by atoms with Gasteiger partial charge in [-0.15, -0.1) is 0 Å². The van der Waals surface area contributed by atoms with Gasteiger partial charge < -0.3 is 9.64 Å². The Morgan fingerprint density at radius 2 is 2.33 bits per heavy atom. The number of ether oxygens (including phenoxy) is 1. The highest BCUT2D eigenvalue weighted by atomic mass is 19.3. The van der Waals surface area contributed by atoms with E-state index >= 15 is 0 Å². The lowest BCUT2D eigenvalue weighted by Crippen LogP contribution is -2.64. The van der Waals surface area contributed by atoms with E-state index in [1.807, 2.05) is 0 Å². The molecule has 3 aliphatic rings. The number of nitrogens with two attached hydrogens (primary N) is 1. The van der Waals surface area contributed by atoms with Crippen molar-refractivity contribution in [3.05, 3.63) is 12.4 Å². The number of amidine groups is 1. The van der Waals surface area contributed by atoms with E-state index in [-0.39, 0.29) is 24.4 Å². The standard InChI is InChI=1S/C12H15F2N5O2/c1-21-12(15)17-9-8(10(20)18-12)16-4-5-19(9)7-2-3-11(13,14)6-7/h4-5,7H,2-3,6,15H2,1H3,(H,18,20). The fourth-order valence-electron chi connectivity index (χ4n) is 2.66. The highest BCUT2D eigenvalue weighted by molar-refractivity contribution is 6.67. The molecule has 0 spiro atoms. The van der Waals surface area contributed by atoms with Gasteiger partial charge in [-0.2, -0.15) is 4.99 Å². The number of hydrogen-bond acceptors (Lipinski definition) is 6. The minimum absolute atomic E-state index is 0.0471. The minimum atomic E-state index is -2.70. The Kier molecular flexibility index (Phi) is 3.06. The van der Waals surface area contributed by atoms with Crippen molar-refractivity contribution >= 4 is 17.5 Å². The second kappa shape index (κ2) is 4.57. The SMILES string of the molecule is COC1(N)N=C2C(=NC=CN2C2CCC(F)(F)C2)C(=O)N1. The third-order valence-corrected chi connectivity index (χ3v) is 3.75. The summed E-state index contributed by atoms with van der Waals surface area (Å²) in [5, 5.41) is 2.36. The molecule has 2 heterocycles. The number of alkyl halides is 2. The lowest BCUT2D eigenvalue weighted by Gasteiger charge is -2.37. The van der Waals surface area contributed by atoms with Gasteiger partial charge in [0, 0.05) is 38.4 Å². The summed E-state index contributed by atoms with van der Waals surface area (Å²) in [7, 11) is 1.29. The normalized spacial score (nSPS) is 34.2. The van der Waals surface area contributed by atoms with Crippen molar-refractivity contribution in [3.63, 3.8) is 0 Å². The Balaban J connectivity index is 1.95. The van der Waals surface area contributed by atoms with Crippen LogP contribution in [0.1, 0.15) is 19.3 Å². The fraction of sp³-hybridized carbons (Fsp3) is 0.583. The third-order valence-electron chi connectivity index (χ3n) is 3.75. The minimum Gasteiger partial charge on any atom is -0.328 e. The van der Waals surface area contributed by atoms with E-state index in [0.29, 0.717) is 6.42 Å². The smallest absolute Gasteiger partial charge is 0.301 e. The van der Waals surface area contributed by atoms with Crippen molar-refractivity contribution in [2.45, 2.75) is 37.2 Å². The van der Waals surface area contributed by atoms with Gasteiger partial charge in [0.15, 0.2) is 11.5 Å². The molecule has 0 aromatic rings. The highest BCUT2D eigenvalue weighted by Gasteiger charge is 2.46. The zero-order chi connectivity index (χ0) is 15.3. The summed E-state index contributed by atoms with van der Waals surface area (Å²) in [4.78, 5) is 21.6. The van der Waals surface area contributed by atoms with Gasteiger partial charge in [0.2, 0.25) is 5.92 Å². The zero-order valence-corrected chi connectivity index (χ0v) is 11.3. The molecule has 2 unspecified atom stereocenters. The average Bonchev–Trinajstić information content (AvgIpc) is 2.78. The molecule has 114 valence electrons. The monoisotopic (exact) mass is 299 g/mol. The number of halogens is 2. The van der Waals surface area contributed by atoms with Crippen molar-refractivity contribution in [1.29, 1.82) is 0 Å². The van der Waals surface area contributed by atoms with Gasteiger partial charge in [-0.05, 0) is 6.42 Å². The van der Waals surface area contributed by atoms with Crippen LogP contribution in [0.4, 0.5) is 8.78 Å². The molecule has 1 amide bonds. The Hall–Kier alpha value is -1.87. The predicted octanol–water partition coefficient (Wildman–Crippen LogP) is 0.147. The molecule has 1 fully saturated rings. The molecular formula is C12H15F2N5O2. The molecule has 0 aromatic carbocycles. The van der Waals surface area contributed by atoms with E-state index in [9.17, 15) is 13.6 Å². The number of carbonyl (C=O) groups is 1. The van der Waals surface area contributed by atoms with Gasteiger partial charge in [-0.1, -0.05) is 0 Å². The first-order chi connectivity index (χ1) is 9.84. The van der Waals surface area contributed by atoms with Crippen molar-refractivity contribution in [2.24, 2.45) is 15.7 Å². The van der Waals surface area contributed by atoms with Gasteiger partial charge in [0.1, 0.15) is 0 Å². The molecule has 0 bridgehead atoms. The molecule has 9 heteroatoms. The summed E-state index contributed by atoms with van der Waals surface area (Å²) in [5.74, 6) is -4.81. The summed E-state index contributed by atoms with van der Waals surface area (Å²) in [6, 6.07) is -0.451. The third kappa shape index (κ3) is 2.42. The van der Waals surface area contributed by atoms with Crippen LogP contribution >= 0.6 is 0 Å². The van der Waals surface area contributed by atoms with E-state index < -0.39 is 23.8 Å².